The van der Waals surface area contributed by atoms with Gasteiger partial charge in [0.25, 0.3) is 0 Å². The van der Waals surface area contributed by atoms with Crippen LogP contribution in [-0.4, -0.2) is 4.57 Å². The van der Waals surface area contributed by atoms with Gasteiger partial charge in [0.15, 0.2) is 0 Å². The smallest absolute Gasteiger partial charge is 0.143 e. The number of furan rings is 1. The van der Waals surface area contributed by atoms with Gasteiger partial charge in [-0.15, -0.1) is 0 Å². The van der Waals surface area contributed by atoms with Gasteiger partial charge in [0.05, 0.1) is 16.7 Å². The summed E-state index contributed by atoms with van der Waals surface area (Å²) < 4.78 is 9.22. The van der Waals surface area contributed by atoms with Crippen LogP contribution in [0.2, 0.25) is 0 Å². The molecular formula is C57H42N2O. The fourth-order valence-electron chi connectivity index (χ4n) is 9.38. The number of anilines is 3. The first-order valence-electron chi connectivity index (χ1n) is 20.7. The van der Waals surface area contributed by atoms with E-state index in [-0.39, 0.29) is 0 Å². The van der Waals surface area contributed by atoms with Gasteiger partial charge in [0, 0.05) is 44.2 Å². The van der Waals surface area contributed by atoms with E-state index in [4.69, 9.17) is 4.42 Å². The summed E-state index contributed by atoms with van der Waals surface area (Å²) in [7, 11) is 0. The zero-order valence-electron chi connectivity index (χ0n) is 33.9. The third kappa shape index (κ3) is 5.89. The summed E-state index contributed by atoms with van der Waals surface area (Å²) >= 11 is 0. The van der Waals surface area contributed by atoms with E-state index >= 15 is 0 Å². The highest BCUT2D eigenvalue weighted by Gasteiger charge is 2.24. The Hall–Kier alpha value is -7.62. The predicted molar refractivity (Wildman–Crippen MR) is 253 cm³/mol. The molecule has 11 rings (SSSR count). The number of benzene rings is 9. The van der Waals surface area contributed by atoms with E-state index < -0.39 is 0 Å². The molecule has 0 bridgehead atoms. The summed E-state index contributed by atoms with van der Waals surface area (Å²) in [5.74, 6) is 0. The maximum absolute atomic E-state index is 6.83. The topological polar surface area (TPSA) is 21.3 Å². The lowest BCUT2D eigenvalue weighted by atomic mass is 9.95. The van der Waals surface area contributed by atoms with E-state index in [2.05, 4.69) is 230 Å². The lowest BCUT2D eigenvalue weighted by Gasteiger charge is -2.31. The molecule has 0 N–H and O–H groups in total. The fourth-order valence-corrected chi connectivity index (χ4v) is 9.38. The van der Waals surface area contributed by atoms with Crippen molar-refractivity contribution in [3.05, 3.63) is 217 Å². The van der Waals surface area contributed by atoms with Gasteiger partial charge in [-0.25, -0.2) is 0 Å². The molecule has 0 radical (unpaired) electrons. The summed E-state index contributed by atoms with van der Waals surface area (Å²) in [4.78, 5) is 2.48. The largest absolute Gasteiger partial charge is 0.455 e. The summed E-state index contributed by atoms with van der Waals surface area (Å²) in [6.45, 7) is 6.73. The number of para-hydroxylation sites is 3. The van der Waals surface area contributed by atoms with E-state index in [0.717, 1.165) is 50.1 Å². The van der Waals surface area contributed by atoms with Gasteiger partial charge < -0.3 is 13.9 Å². The van der Waals surface area contributed by atoms with Gasteiger partial charge in [-0.1, -0.05) is 133 Å². The number of hydrogen-bond acceptors (Lipinski definition) is 2. The van der Waals surface area contributed by atoms with Crippen molar-refractivity contribution in [2.45, 2.75) is 20.8 Å². The maximum atomic E-state index is 6.83. The molecule has 3 heteroatoms. The summed E-state index contributed by atoms with van der Waals surface area (Å²) in [5, 5.41) is 4.67. The van der Waals surface area contributed by atoms with Gasteiger partial charge >= 0.3 is 0 Å². The van der Waals surface area contributed by atoms with Gasteiger partial charge in [-0.3, -0.25) is 0 Å². The molecule has 3 nitrogen and oxygen atoms in total. The first-order chi connectivity index (χ1) is 29.5. The number of nitrogens with zero attached hydrogens (tertiary/aromatic N) is 2. The maximum Gasteiger partial charge on any atom is 0.143 e. The van der Waals surface area contributed by atoms with Crippen LogP contribution in [-0.2, 0) is 0 Å². The molecule has 0 saturated carbocycles. The first-order valence-corrected chi connectivity index (χ1v) is 20.7. The molecule has 60 heavy (non-hydrogen) atoms. The van der Waals surface area contributed by atoms with E-state index in [0.29, 0.717) is 0 Å². The molecule has 9 aromatic carbocycles. The summed E-state index contributed by atoms with van der Waals surface area (Å²) in [6, 6.07) is 72.3. The molecule has 0 saturated heterocycles. The normalized spacial score (nSPS) is 11.6. The average molecular weight is 771 g/mol. The highest BCUT2D eigenvalue weighted by atomic mass is 16.3. The van der Waals surface area contributed by atoms with Crippen LogP contribution >= 0.6 is 0 Å². The fraction of sp³-hybridized carbons (Fsp3) is 0.0526. The van der Waals surface area contributed by atoms with Crippen LogP contribution in [0.1, 0.15) is 16.7 Å². The van der Waals surface area contributed by atoms with Crippen LogP contribution in [0.4, 0.5) is 17.1 Å². The second kappa shape index (κ2) is 14.3. The van der Waals surface area contributed by atoms with E-state index in [1.165, 1.54) is 66.4 Å². The molecule has 2 aromatic heterocycles. The van der Waals surface area contributed by atoms with E-state index in [1.54, 1.807) is 0 Å². The van der Waals surface area contributed by atoms with Gasteiger partial charge in [0.2, 0.25) is 0 Å². The van der Waals surface area contributed by atoms with E-state index in [1.807, 2.05) is 0 Å². The molecule has 286 valence electrons. The molecule has 0 fully saturated rings. The van der Waals surface area contributed by atoms with Crippen molar-refractivity contribution in [2.24, 2.45) is 0 Å². The van der Waals surface area contributed by atoms with Crippen molar-refractivity contribution in [1.29, 1.82) is 0 Å². The minimum Gasteiger partial charge on any atom is -0.455 e. The number of fused-ring (bicyclic) bond motifs is 6. The van der Waals surface area contributed by atoms with E-state index in [9.17, 15) is 0 Å². The number of aromatic nitrogens is 1. The molecule has 0 atom stereocenters. The SMILES string of the molecule is Cc1cc(-c2ccccc2)ccc1N(c1cc(-c2cccc(-n3c4ccccc4c4ccccc43)c2)c2oc3ccccc3c2c1)c1c(C)cc(-c2ccccc2)cc1C. The van der Waals surface area contributed by atoms with Crippen molar-refractivity contribution in [2.75, 3.05) is 4.90 Å². The highest BCUT2D eigenvalue weighted by Crippen LogP contribution is 2.47. The van der Waals surface area contributed by atoms with Crippen LogP contribution < -0.4 is 4.90 Å². The van der Waals surface area contributed by atoms with Crippen molar-refractivity contribution in [3.8, 4) is 39.1 Å². The van der Waals surface area contributed by atoms with Gasteiger partial charge in [-0.05, 0) is 132 Å². The Morgan fingerprint density at radius 3 is 1.63 bits per heavy atom. The molecule has 0 aliphatic rings. The van der Waals surface area contributed by atoms with Gasteiger partial charge in [0.1, 0.15) is 11.2 Å². The highest BCUT2D eigenvalue weighted by molar-refractivity contribution is 6.12. The van der Waals surface area contributed by atoms with Crippen LogP contribution in [0.15, 0.2) is 205 Å². The quantitative estimate of drug-likeness (QED) is 0.161. The lowest BCUT2D eigenvalue weighted by Crippen LogP contribution is -2.14. The second-order valence-corrected chi connectivity index (χ2v) is 15.9. The molecule has 0 aliphatic carbocycles. The third-order valence-electron chi connectivity index (χ3n) is 12.1. The molecule has 0 spiro atoms. The number of hydrogen-bond donors (Lipinski definition) is 0. The predicted octanol–water partition coefficient (Wildman–Crippen LogP) is 16.1. The zero-order chi connectivity index (χ0) is 40.3. The van der Waals surface area contributed by atoms with Crippen molar-refractivity contribution in [1.82, 2.24) is 4.57 Å². The molecule has 11 aromatic rings. The van der Waals surface area contributed by atoms with Crippen LogP contribution in [0, 0.1) is 20.8 Å². The molecule has 0 unspecified atom stereocenters. The molecule has 0 amide bonds. The first kappa shape index (κ1) is 35.5. The molecular weight excluding hydrogens is 729 g/mol. The van der Waals surface area contributed by atoms with Crippen molar-refractivity contribution in [3.63, 3.8) is 0 Å². The van der Waals surface area contributed by atoms with Crippen LogP contribution in [0.25, 0.3) is 82.8 Å². The second-order valence-electron chi connectivity index (χ2n) is 15.9. The molecule has 2 heterocycles. The standard InChI is InChI=1S/C57H42N2O/c1-37-31-42(40-17-6-4-7-18-40)29-30-52(37)59(56-38(2)32-44(33-39(56)3)41-19-8-5-9-20-41)46-35-50(57-51(36-46)49-25-12-15-28-55(49)60-57)43-21-16-22-45(34-43)58-53-26-13-10-23-47(53)48-24-11-14-27-54(48)58/h4-36H,1-3H3. The Labute approximate surface area is 350 Å². The Bertz CT molecular complexity index is 3330. The number of rotatable bonds is 7. The van der Waals surface area contributed by atoms with Crippen LogP contribution in [0.5, 0.6) is 0 Å². The minimum absolute atomic E-state index is 0.874. The monoisotopic (exact) mass is 770 g/mol. The lowest BCUT2D eigenvalue weighted by molar-refractivity contribution is 0.670. The van der Waals surface area contributed by atoms with Gasteiger partial charge in [-0.2, -0.15) is 0 Å². The van der Waals surface area contributed by atoms with Crippen molar-refractivity contribution >= 4 is 60.8 Å². The Kier molecular flexibility index (Phi) is 8.49. The Balaban J connectivity index is 1.17. The van der Waals surface area contributed by atoms with Crippen LogP contribution in [0.3, 0.4) is 0 Å². The zero-order valence-corrected chi connectivity index (χ0v) is 33.9. The summed E-state index contributed by atoms with van der Waals surface area (Å²) in [5.41, 5.74) is 19.1. The summed E-state index contributed by atoms with van der Waals surface area (Å²) in [6.07, 6.45) is 0. The van der Waals surface area contributed by atoms with Crippen molar-refractivity contribution < 1.29 is 4.42 Å². The average Bonchev–Trinajstić information content (AvgIpc) is 3.84. The Morgan fingerprint density at radius 2 is 0.967 bits per heavy atom. The number of aryl methyl sites for hydroxylation is 3. The third-order valence-corrected chi connectivity index (χ3v) is 12.1. The molecule has 0 aliphatic heterocycles. The minimum atomic E-state index is 0.874. The Morgan fingerprint density at radius 1 is 0.400 bits per heavy atom.